The smallest absolute Gasteiger partial charge is 0.220 e. The molecule has 0 unspecified atom stereocenters. The first-order valence-electron chi connectivity index (χ1n) is 5.65. The Morgan fingerprint density at radius 1 is 1.12 bits per heavy atom. The quantitative estimate of drug-likeness (QED) is 0.452. The van der Waals surface area contributed by atoms with Crippen LogP contribution >= 0.6 is 0 Å². The molecule has 0 fully saturated rings. The van der Waals surface area contributed by atoms with Gasteiger partial charge < -0.3 is 11.1 Å². The van der Waals surface area contributed by atoms with E-state index in [1.54, 1.807) is 0 Å². The number of nitrogens with one attached hydrogen (secondary N) is 1. The van der Waals surface area contributed by atoms with Gasteiger partial charge in [-0.15, -0.1) is 12.3 Å². The summed E-state index contributed by atoms with van der Waals surface area (Å²) in [5.41, 5.74) is 5.00. The lowest BCUT2D eigenvalue weighted by Crippen LogP contribution is -2.24. The molecule has 16 heavy (non-hydrogen) atoms. The zero-order valence-electron chi connectivity index (χ0n) is 9.63. The monoisotopic (exact) mass is 224 g/mol. The average Bonchev–Trinajstić information content (AvgIpc) is 2.23. The van der Waals surface area contributed by atoms with Gasteiger partial charge in [0.05, 0.1) is 0 Å². The fourth-order valence-electron chi connectivity index (χ4n) is 1.27. The number of hydrogen-bond donors (Lipinski definition) is 2. The lowest BCUT2D eigenvalue weighted by atomic mass is 10.2. The molecule has 0 aliphatic rings. The number of carbonyl (C=O) groups is 2. The molecule has 0 aromatic rings. The molecule has 0 bridgehead atoms. The Balaban J connectivity index is 3.22. The van der Waals surface area contributed by atoms with Gasteiger partial charge in [0, 0.05) is 25.8 Å². The largest absolute Gasteiger partial charge is 0.370 e. The summed E-state index contributed by atoms with van der Waals surface area (Å²) in [5.74, 6) is 2.27. The molecule has 90 valence electrons. The van der Waals surface area contributed by atoms with Gasteiger partial charge >= 0.3 is 0 Å². The fourth-order valence-corrected chi connectivity index (χ4v) is 1.27. The van der Waals surface area contributed by atoms with Crippen LogP contribution in [-0.4, -0.2) is 18.4 Å². The number of unbranched alkanes of at least 4 members (excludes halogenated alkanes) is 3. The van der Waals surface area contributed by atoms with Crippen molar-refractivity contribution in [3.05, 3.63) is 0 Å². The van der Waals surface area contributed by atoms with E-state index in [2.05, 4.69) is 11.2 Å². The van der Waals surface area contributed by atoms with Gasteiger partial charge in [0.2, 0.25) is 11.8 Å². The average molecular weight is 224 g/mol. The molecule has 0 saturated carbocycles. The molecule has 0 aromatic heterocycles. The van der Waals surface area contributed by atoms with Crippen molar-refractivity contribution in [2.45, 2.75) is 44.9 Å². The zero-order valence-corrected chi connectivity index (χ0v) is 9.63. The first-order chi connectivity index (χ1) is 7.66. The van der Waals surface area contributed by atoms with Gasteiger partial charge in [-0.1, -0.05) is 6.42 Å². The van der Waals surface area contributed by atoms with Gasteiger partial charge in [0.1, 0.15) is 0 Å². The van der Waals surface area contributed by atoms with E-state index in [1.165, 1.54) is 0 Å². The van der Waals surface area contributed by atoms with Gasteiger partial charge in [0.25, 0.3) is 0 Å². The highest BCUT2D eigenvalue weighted by Gasteiger charge is 1.99. The minimum atomic E-state index is -0.265. The minimum Gasteiger partial charge on any atom is -0.370 e. The van der Waals surface area contributed by atoms with Crippen LogP contribution < -0.4 is 11.1 Å². The van der Waals surface area contributed by atoms with Crippen LogP contribution in [-0.2, 0) is 9.59 Å². The molecule has 3 N–H and O–H groups in total. The van der Waals surface area contributed by atoms with E-state index in [0.717, 1.165) is 25.7 Å². The lowest BCUT2D eigenvalue weighted by Gasteiger charge is -2.03. The zero-order chi connectivity index (χ0) is 12.2. The normalized spacial score (nSPS) is 9.44. The SMILES string of the molecule is C#CCCCC(=O)NCCCCCC(N)=O. The molecule has 0 aliphatic heterocycles. The van der Waals surface area contributed by atoms with E-state index >= 15 is 0 Å². The van der Waals surface area contributed by atoms with E-state index in [1.807, 2.05) is 0 Å². The van der Waals surface area contributed by atoms with Gasteiger partial charge in [-0.2, -0.15) is 0 Å². The fraction of sp³-hybridized carbons (Fsp3) is 0.667. The van der Waals surface area contributed by atoms with Crippen LogP contribution in [0.3, 0.4) is 0 Å². The Morgan fingerprint density at radius 3 is 2.50 bits per heavy atom. The van der Waals surface area contributed by atoms with Crippen LogP contribution in [0.4, 0.5) is 0 Å². The Hall–Kier alpha value is -1.50. The number of terminal acetylenes is 1. The van der Waals surface area contributed by atoms with Crippen molar-refractivity contribution in [3.63, 3.8) is 0 Å². The number of amides is 2. The molecule has 0 saturated heterocycles. The molecule has 0 aliphatic carbocycles. The van der Waals surface area contributed by atoms with Crippen molar-refractivity contribution in [1.29, 1.82) is 0 Å². The first kappa shape index (κ1) is 14.5. The summed E-state index contributed by atoms with van der Waals surface area (Å²) in [6.45, 7) is 0.660. The Morgan fingerprint density at radius 2 is 1.88 bits per heavy atom. The second-order valence-corrected chi connectivity index (χ2v) is 3.68. The molecule has 0 atom stereocenters. The molecular weight excluding hydrogens is 204 g/mol. The van der Waals surface area contributed by atoms with Gasteiger partial charge in [-0.05, 0) is 19.3 Å². The molecule has 2 amide bonds. The van der Waals surface area contributed by atoms with Crippen LogP contribution in [0.1, 0.15) is 44.9 Å². The molecular formula is C12H20N2O2. The van der Waals surface area contributed by atoms with Gasteiger partial charge in [-0.3, -0.25) is 9.59 Å². The maximum atomic E-state index is 11.2. The highest BCUT2D eigenvalue weighted by molar-refractivity contribution is 5.75. The number of nitrogens with two attached hydrogens (primary N) is 1. The number of rotatable bonds is 9. The Bertz CT molecular complexity index is 256. The summed E-state index contributed by atoms with van der Waals surface area (Å²) in [5, 5.41) is 2.81. The minimum absolute atomic E-state index is 0.0464. The molecule has 0 radical (unpaired) electrons. The van der Waals surface area contributed by atoms with Crippen LogP contribution in [0.5, 0.6) is 0 Å². The molecule has 0 rings (SSSR count). The maximum Gasteiger partial charge on any atom is 0.220 e. The van der Waals surface area contributed by atoms with Crippen molar-refractivity contribution in [2.75, 3.05) is 6.54 Å². The van der Waals surface area contributed by atoms with E-state index in [9.17, 15) is 9.59 Å². The highest BCUT2D eigenvalue weighted by atomic mass is 16.1. The molecule has 0 aromatic carbocycles. The third-order valence-corrected chi connectivity index (χ3v) is 2.15. The topological polar surface area (TPSA) is 72.2 Å². The van der Waals surface area contributed by atoms with Crippen LogP contribution in [0.25, 0.3) is 0 Å². The van der Waals surface area contributed by atoms with E-state index in [-0.39, 0.29) is 11.8 Å². The molecule has 4 heteroatoms. The Labute approximate surface area is 97.0 Å². The summed E-state index contributed by atoms with van der Waals surface area (Å²) in [7, 11) is 0. The maximum absolute atomic E-state index is 11.2. The van der Waals surface area contributed by atoms with Crippen molar-refractivity contribution < 1.29 is 9.59 Å². The summed E-state index contributed by atoms with van der Waals surface area (Å²) in [6, 6.07) is 0. The van der Waals surface area contributed by atoms with Crippen molar-refractivity contribution in [3.8, 4) is 12.3 Å². The molecule has 4 nitrogen and oxygen atoms in total. The third-order valence-electron chi connectivity index (χ3n) is 2.15. The predicted octanol–water partition coefficient (Wildman–Crippen LogP) is 0.952. The summed E-state index contributed by atoms with van der Waals surface area (Å²) >= 11 is 0. The van der Waals surface area contributed by atoms with E-state index in [0.29, 0.717) is 25.8 Å². The summed E-state index contributed by atoms with van der Waals surface area (Å²) in [4.78, 5) is 21.6. The van der Waals surface area contributed by atoms with E-state index in [4.69, 9.17) is 12.2 Å². The van der Waals surface area contributed by atoms with Crippen molar-refractivity contribution >= 4 is 11.8 Å². The van der Waals surface area contributed by atoms with Crippen LogP contribution in [0.15, 0.2) is 0 Å². The van der Waals surface area contributed by atoms with Gasteiger partial charge in [-0.25, -0.2) is 0 Å². The molecule has 0 spiro atoms. The number of hydrogen-bond acceptors (Lipinski definition) is 2. The summed E-state index contributed by atoms with van der Waals surface area (Å²) in [6.07, 6.45) is 9.97. The summed E-state index contributed by atoms with van der Waals surface area (Å²) < 4.78 is 0. The highest BCUT2D eigenvalue weighted by Crippen LogP contribution is 1.98. The van der Waals surface area contributed by atoms with E-state index < -0.39 is 0 Å². The predicted molar refractivity (Wildman–Crippen MR) is 63.4 cm³/mol. The second-order valence-electron chi connectivity index (χ2n) is 3.68. The van der Waals surface area contributed by atoms with Gasteiger partial charge in [0.15, 0.2) is 0 Å². The second kappa shape index (κ2) is 10.0. The van der Waals surface area contributed by atoms with Crippen LogP contribution in [0, 0.1) is 12.3 Å². The first-order valence-corrected chi connectivity index (χ1v) is 5.65. The Kier molecular flexibility index (Phi) is 9.09. The lowest BCUT2D eigenvalue weighted by molar-refractivity contribution is -0.121. The molecule has 0 heterocycles. The van der Waals surface area contributed by atoms with Crippen molar-refractivity contribution in [2.24, 2.45) is 5.73 Å². The standard InChI is InChI=1S/C12H20N2O2/c1-2-3-5-9-12(16)14-10-7-4-6-8-11(13)15/h1H,3-10H2,(H2,13,15)(H,14,16). The number of carbonyl (C=O) groups excluding carboxylic acids is 2. The third kappa shape index (κ3) is 10.6. The number of primary amides is 1. The van der Waals surface area contributed by atoms with Crippen LogP contribution in [0.2, 0.25) is 0 Å². The van der Waals surface area contributed by atoms with Crippen molar-refractivity contribution in [1.82, 2.24) is 5.32 Å².